The molecular formula is C9H14ClF3N2O3. The number of carbonyl (C=O) groups is 2. The third-order valence-corrected chi connectivity index (χ3v) is 2.49. The van der Waals surface area contributed by atoms with Crippen LogP contribution < -0.4 is 11.1 Å². The number of carbonyl (C=O) groups excluding carboxylic acids is 2. The van der Waals surface area contributed by atoms with Crippen molar-refractivity contribution in [2.45, 2.75) is 25.2 Å². The van der Waals surface area contributed by atoms with E-state index in [1.165, 1.54) is 0 Å². The fourth-order valence-electron chi connectivity index (χ4n) is 1.57. The second-order valence-corrected chi connectivity index (χ2v) is 3.82. The maximum atomic E-state index is 11.7. The second-order valence-electron chi connectivity index (χ2n) is 3.82. The molecule has 1 fully saturated rings. The molecule has 0 bridgehead atoms. The van der Waals surface area contributed by atoms with Gasteiger partial charge in [0.15, 0.2) is 5.78 Å². The second kappa shape index (κ2) is 6.91. The summed E-state index contributed by atoms with van der Waals surface area (Å²) in [6.45, 7) is -0.609. The minimum absolute atomic E-state index is 0. The third-order valence-electron chi connectivity index (χ3n) is 2.49. The minimum atomic E-state index is -4.85. The molecular weight excluding hydrogens is 277 g/mol. The molecule has 5 nitrogen and oxygen atoms in total. The van der Waals surface area contributed by atoms with Gasteiger partial charge in [-0.1, -0.05) is 0 Å². The van der Waals surface area contributed by atoms with Crippen molar-refractivity contribution in [3.63, 3.8) is 0 Å². The summed E-state index contributed by atoms with van der Waals surface area (Å²) >= 11 is 0. The van der Waals surface area contributed by atoms with Crippen LogP contribution in [0, 0.1) is 5.92 Å². The molecule has 0 spiro atoms. The summed E-state index contributed by atoms with van der Waals surface area (Å²) in [4.78, 5) is 22.4. The maximum Gasteiger partial charge on any atom is 0.522 e. The first kappa shape index (κ1) is 17.1. The first-order valence-corrected chi connectivity index (χ1v) is 5.06. The van der Waals surface area contributed by atoms with E-state index < -0.39 is 30.7 Å². The number of nitrogens with two attached hydrogens (primary N) is 1. The van der Waals surface area contributed by atoms with Gasteiger partial charge in [-0.3, -0.25) is 14.3 Å². The summed E-state index contributed by atoms with van der Waals surface area (Å²) < 4.78 is 38.4. The predicted octanol–water partition coefficient (Wildman–Crippen LogP) is 0.367. The van der Waals surface area contributed by atoms with Crippen LogP contribution in [0.5, 0.6) is 0 Å². The number of rotatable bonds is 5. The highest BCUT2D eigenvalue weighted by molar-refractivity contribution is 5.86. The minimum Gasteiger partial charge on any atom is -0.356 e. The average Bonchev–Trinajstić information content (AvgIpc) is 2.59. The van der Waals surface area contributed by atoms with E-state index in [-0.39, 0.29) is 24.7 Å². The molecule has 9 heteroatoms. The molecule has 1 amide bonds. The molecule has 3 N–H and O–H groups in total. The molecule has 0 saturated carbocycles. The summed E-state index contributed by atoms with van der Waals surface area (Å²) in [5.74, 6) is -1.48. The summed E-state index contributed by atoms with van der Waals surface area (Å²) in [6, 6.07) is -1.11. The van der Waals surface area contributed by atoms with E-state index in [4.69, 9.17) is 5.73 Å². The Labute approximate surface area is 108 Å². The maximum absolute atomic E-state index is 11.7. The van der Waals surface area contributed by atoms with Crippen molar-refractivity contribution in [3.05, 3.63) is 0 Å². The summed E-state index contributed by atoms with van der Waals surface area (Å²) in [5.41, 5.74) is 5.41. The first-order valence-electron chi connectivity index (χ1n) is 5.06. The van der Waals surface area contributed by atoms with Gasteiger partial charge in [-0.2, -0.15) is 0 Å². The van der Waals surface area contributed by atoms with Gasteiger partial charge in [0.25, 0.3) is 0 Å². The smallest absolute Gasteiger partial charge is 0.356 e. The van der Waals surface area contributed by atoms with E-state index in [0.717, 1.165) is 0 Å². The van der Waals surface area contributed by atoms with Crippen LogP contribution in [0.25, 0.3) is 0 Å². The zero-order valence-electron chi connectivity index (χ0n) is 9.33. The van der Waals surface area contributed by atoms with Gasteiger partial charge in [-0.05, 0) is 12.8 Å². The lowest BCUT2D eigenvalue weighted by Gasteiger charge is -2.14. The van der Waals surface area contributed by atoms with Gasteiger partial charge in [0, 0.05) is 12.5 Å². The van der Waals surface area contributed by atoms with Crippen molar-refractivity contribution in [2.24, 2.45) is 11.7 Å². The topological polar surface area (TPSA) is 81.4 Å². The Morgan fingerprint density at radius 2 is 2.17 bits per heavy atom. The van der Waals surface area contributed by atoms with Crippen LogP contribution in [-0.4, -0.2) is 37.2 Å². The van der Waals surface area contributed by atoms with E-state index in [1.54, 1.807) is 0 Å². The lowest BCUT2D eigenvalue weighted by atomic mass is 9.97. The molecule has 0 aliphatic carbocycles. The number of ketones is 1. The Hall–Kier alpha value is -0.860. The van der Waals surface area contributed by atoms with Crippen LogP contribution >= 0.6 is 12.4 Å². The SMILES string of the molecule is Cl.NC(CC1CCNC1=O)C(=O)COC(F)(F)F. The normalized spacial score (nSPS) is 21.1. The molecule has 1 rings (SSSR count). The Kier molecular flexibility index (Phi) is 6.58. The molecule has 1 heterocycles. The van der Waals surface area contributed by atoms with Crippen LogP contribution in [0.1, 0.15) is 12.8 Å². The monoisotopic (exact) mass is 290 g/mol. The molecule has 1 aliphatic heterocycles. The van der Waals surface area contributed by atoms with E-state index in [0.29, 0.717) is 13.0 Å². The van der Waals surface area contributed by atoms with E-state index in [9.17, 15) is 22.8 Å². The Balaban J connectivity index is 0.00000289. The van der Waals surface area contributed by atoms with E-state index in [2.05, 4.69) is 10.1 Å². The zero-order valence-corrected chi connectivity index (χ0v) is 10.1. The van der Waals surface area contributed by atoms with Gasteiger partial charge in [0.1, 0.15) is 6.61 Å². The fourth-order valence-corrected chi connectivity index (χ4v) is 1.57. The molecule has 0 radical (unpaired) electrons. The highest BCUT2D eigenvalue weighted by Crippen LogP contribution is 2.18. The third kappa shape index (κ3) is 5.65. The van der Waals surface area contributed by atoms with Gasteiger partial charge in [-0.15, -0.1) is 25.6 Å². The largest absolute Gasteiger partial charge is 0.522 e. The summed E-state index contributed by atoms with van der Waals surface area (Å²) in [5, 5.41) is 2.55. The number of halogens is 4. The van der Waals surface area contributed by atoms with Crippen LogP contribution in [0.3, 0.4) is 0 Å². The average molecular weight is 291 g/mol. The van der Waals surface area contributed by atoms with Crippen LogP contribution in [0.2, 0.25) is 0 Å². The van der Waals surface area contributed by atoms with Crippen molar-refractivity contribution >= 4 is 24.1 Å². The molecule has 2 atom stereocenters. The van der Waals surface area contributed by atoms with Gasteiger partial charge < -0.3 is 11.1 Å². The number of Topliss-reactive ketones (excluding diaryl/α,β-unsaturated/α-hetero) is 1. The van der Waals surface area contributed by atoms with Crippen molar-refractivity contribution in [2.75, 3.05) is 13.2 Å². The summed E-state index contributed by atoms with van der Waals surface area (Å²) in [7, 11) is 0. The van der Waals surface area contributed by atoms with Crippen molar-refractivity contribution in [1.82, 2.24) is 5.32 Å². The lowest BCUT2D eigenvalue weighted by molar-refractivity contribution is -0.320. The number of ether oxygens (including phenoxy) is 1. The quantitative estimate of drug-likeness (QED) is 0.766. The zero-order chi connectivity index (χ0) is 13.1. The molecule has 0 aromatic rings. The van der Waals surface area contributed by atoms with Crippen LogP contribution in [0.15, 0.2) is 0 Å². The Morgan fingerprint density at radius 3 is 2.61 bits per heavy atom. The number of amides is 1. The van der Waals surface area contributed by atoms with Crippen molar-refractivity contribution in [1.29, 1.82) is 0 Å². The molecule has 0 aromatic carbocycles. The van der Waals surface area contributed by atoms with Gasteiger partial charge in [0.05, 0.1) is 6.04 Å². The Bertz CT molecular complexity index is 312. The molecule has 106 valence electrons. The number of nitrogens with one attached hydrogen (secondary N) is 1. The van der Waals surface area contributed by atoms with E-state index >= 15 is 0 Å². The molecule has 1 aliphatic rings. The highest BCUT2D eigenvalue weighted by atomic mass is 35.5. The standard InChI is InChI=1S/C9H13F3N2O3.ClH/c10-9(11,12)17-4-7(15)6(13)3-5-1-2-14-8(5)16;/h5-6H,1-4,13H2,(H,14,16);1H. The van der Waals surface area contributed by atoms with Crippen molar-refractivity contribution in [3.8, 4) is 0 Å². The number of alkyl halides is 3. The van der Waals surface area contributed by atoms with Gasteiger partial charge in [-0.25, -0.2) is 0 Å². The van der Waals surface area contributed by atoms with Crippen LogP contribution in [-0.2, 0) is 14.3 Å². The van der Waals surface area contributed by atoms with Gasteiger partial charge in [0.2, 0.25) is 5.91 Å². The lowest BCUT2D eigenvalue weighted by Crippen LogP contribution is -2.38. The Morgan fingerprint density at radius 1 is 1.56 bits per heavy atom. The first-order chi connectivity index (χ1) is 7.79. The number of hydrogen-bond donors (Lipinski definition) is 2. The number of hydrogen-bond acceptors (Lipinski definition) is 4. The molecule has 1 saturated heterocycles. The van der Waals surface area contributed by atoms with Crippen LogP contribution in [0.4, 0.5) is 13.2 Å². The molecule has 18 heavy (non-hydrogen) atoms. The van der Waals surface area contributed by atoms with Gasteiger partial charge >= 0.3 is 6.36 Å². The van der Waals surface area contributed by atoms with E-state index in [1.807, 2.05) is 0 Å². The predicted molar refractivity (Wildman–Crippen MR) is 58.0 cm³/mol. The highest BCUT2D eigenvalue weighted by Gasteiger charge is 2.33. The van der Waals surface area contributed by atoms with Crippen molar-refractivity contribution < 1.29 is 27.5 Å². The fraction of sp³-hybridized carbons (Fsp3) is 0.778. The molecule has 2 unspecified atom stereocenters. The summed E-state index contributed by atoms with van der Waals surface area (Å²) in [6.07, 6.45) is -4.26. The molecule has 0 aromatic heterocycles.